The molecule has 9 heteroatoms. The molecule has 4 rings (SSSR count). The SMILES string of the molecule is FC(F)(F)C1CCC(c2noc(-c3ccc(-c4ncn[nH]4)cc3)n2)CC1. The van der Waals surface area contributed by atoms with Crippen LogP contribution in [-0.2, 0) is 0 Å². The third-order valence-corrected chi connectivity index (χ3v) is 4.82. The fourth-order valence-corrected chi connectivity index (χ4v) is 3.31. The predicted molar refractivity (Wildman–Crippen MR) is 85.9 cm³/mol. The summed E-state index contributed by atoms with van der Waals surface area (Å²) in [5, 5.41) is 10.6. The van der Waals surface area contributed by atoms with Crippen molar-refractivity contribution < 1.29 is 17.7 Å². The van der Waals surface area contributed by atoms with Crippen molar-refractivity contribution >= 4 is 0 Å². The highest BCUT2D eigenvalue weighted by molar-refractivity contribution is 5.61. The van der Waals surface area contributed by atoms with Crippen LogP contribution in [0.15, 0.2) is 35.1 Å². The van der Waals surface area contributed by atoms with E-state index in [0.717, 1.165) is 11.1 Å². The normalized spacial score (nSPS) is 21.0. The molecule has 6 nitrogen and oxygen atoms in total. The van der Waals surface area contributed by atoms with E-state index in [4.69, 9.17) is 4.52 Å². The van der Waals surface area contributed by atoms with Gasteiger partial charge in [-0.05, 0) is 37.8 Å². The maximum atomic E-state index is 12.8. The van der Waals surface area contributed by atoms with Gasteiger partial charge in [-0.1, -0.05) is 17.3 Å². The zero-order valence-corrected chi connectivity index (χ0v) is 13.7. The van der Waals surface area contributed by atoms with Gasteiger partial charge in [-0.3, -0.25) is 5.10 Å². The van der Waals surface area contributed by atoms with E-state index in [9.17, 15) is 13.2 Å². The molecular formula is C17H16F3N5O. The van der Waals surface area contributed by atoms with Gasteiger partial charge < -0.3 is 4.52 Å². The standard InChI is InChI=1S/C17H16F3N5O/c18-17(19,20)13-7-5-11(6-8-13)15-23-16(26-25-15)12-3-1-10(2-4-12)14-21-9-22-24-14/h1-4,9,11,13H,5-8H2,(H,21,22,24). The van der Waals surface area contributed by atoms with Gasteiger partial charge in [0.1, 0.15) is 6.33 Å². The highest BCUT2D eigenvalue weighted by Crippen LogP contribution is 2.42. The Morgan fingerprint density at radius 2 is 1.69 bits per heavy atom. The summed E-state index contributed by atoms with van der Waals surface area (Å²) in [6.07, 6.45) is -1.60. The molecule has 0 amide bonds. The van der Waals surface area contributed by atoms with Crippen LogP contribution in [0, 0.1) is 5.92 Å². The summed E-state index contributed by atoms with van der Waals surface area (Å²) in [5.74, 6) is 0.208. The highest BCUT2D eigenvalue weighted by Gasteiger charge is 2.42. The van der Waals surface area contributed by atoms with Crippen molar-refractivity contribution in [2.24, 2.45) is 5.92 Å². The van der Waals surface area contributed by atoms with Gasteiger partial charge in [-0.2, -0.15) is 23.3 Å². The van der Waals surface area contributed by atoms with E-state index in [1.165, 1.54) is 6.33 Å². The number of rotatable bonds is 3. The van der Waals surface area contributed by atoms with Gasteiger partial charge in [0.15, 0.2) is 11.6 Å². The van der Waals surface area contributed by atoms with Crippen LogP contribution in [0.2, 0.25) is 0 Å². The second-order valence-electron chi connectivity index (χ2n) is 6.46. The third-order valence-electron chi connectivity index (χ3n) is 4.82. The van der Waals surface area contributed by atoms with E-state index in [1.54, 1.807) is 0 Å². The van der Waals surface area contributed by atoms with Crippen LogP contribution in [0.1, 0.15) is 37.4 Å². The van der Waals surface area contributed by atoms with Crippen LogP contribution in [-0.4, -0.2) is 31.5 Å². The summed E-state index contributed by atoms with van der Waals surface area (Å²) in [6, 6.07) is 7.37. The molecule has 26 heavy (non-hydrogen) atoms. The van der Waals surface area contributed by atoms with Crippen molar-refractivity contribution in [2.45, 2.75) is 37.8 Å². The number of hydrogen-bond donors (Lipinski definition) is 1. The minimum absolute atomic E-state index is 0.0837. The second-order valence-corrected chi connectivity index (χ2v) is 6.46. The minimum Gasteiger partial charge on any atom is -0.334 e. The van der Waals surface area contributed by atoms with E-state index in [0.29, 0.717) is 30.4 Å². The van der Waals surface area contributed by atoms with E-state index in [1.807, 2.05) is 24.3 Å². The predicted octanol–water partition coefficient (Wildman–Crippen LogP) is 4.36. The molecule has 1 saturated carbocycles. The van der Waals surface area contributed by atoms with Gasteiger partial charge in [0.25, 0.3) is 5.89 Å². The number of halogens is 3. The number of aromatic nitrogens is 5. The van der Waals surface area contributed by atoms with E-state index in [-0.39, 0.29) is 18.8 Å². The lowest BCUT2D eigenvalue weighted by Gasteiger charge is -2.28. The first-order valence-electron chi connectivity index (χ1n) is 8.37. The Balaban J connectivity index is 1.45. The summed E-state index contributed by atoms with van der Waals surface area (Å²) >= 11 is 0. The van der Waals surface area contributed by atoms with E-state index in [2.05, 4.69) is 25.3 Å². The zero-order chi connectivity index (χ0) is 18.1. The lowest BCUT2D eigenvalue weighted by atomic mass is 9.81. The first-order valence-corrected chi connectivity index (χ1v) is 8.37. The Labute approximate surface area is 146 Å². The summed E-state index contributed by atoms with van der Waals surface area (Å²) in [7, 11) is 0. The molecule has 0 saturated heterocycles. The number of aromatic amines is 1. The number of H-pyrrole nitrogens is 1. The Morgan fingerprint density at radius 1 is 1.00 bits per heavy atom. The molecule has 0 unspecified atom stereocenters. The molecule has 1 N–H and O–H groups in total. The number of nitrogens with one attached hydrogen (secondary N) is 1. The maximum absolute atomic E-state index is 12.8. The van der Waals surface area contributed by atoms with Crippen molar-refractivity contribution in [2.75, 3.05) is 0 Å². The summed E-state index contributed by atoms with van der Waals surface area (Å²) < 4.78 is 43.6. The Kier molecular flexibility index (Phi) is 4.21. The number of hydrogen-bond acceptors (Lipinski definition) is 5. The van der Waals surface area contributed by atoms with Gasteiger partial charge in [-0.25, -0.2) is 4.98 Å². The zero-order valence-electron chi connectivity index (χ0n) is 13.7. The second kappa shape index (κ2) is 6.54. The monoisotopic (exact) mass is 363 g/mol. The topological polar surface area (TPSA) is 80.5 Å². The smallest absolute Gasteiger partial charge is 0.334 e. The summed E-state index contributed by atoms with van der Waals surface area (Å²) in [6.45, 7) is 0. The Hall–Kier alpha value is -2.71. The van der Waals surface area contributed by atoms with Crippen LogP contribution >= 0.6 is 0 Å². The van der Waals surface area contributed by atoms with Crippen LogP contribution < -0.4 is 0 Å². The highest BCUT2D eigenvalue weighted by atomic mass is 19.4. The van der Waals surface area contributed by atoms with Gasteiger partial charge in [-0.15, -0.1) is 0 Å². The molecular weight excluding hydrogens is 347 g/mol. The summed E-state index contributed by atoms with van der Waals surface area (Å²) in [4.78, 5) is 8.47. The van der Waals surface area contributed by atoms with Crippen LogP contribution in [0.25, 0.3) is 22.8 Å². The average Bonchev–Trinajstić information content (AvgIpc) is 3.33. The molecule has 3 aromatic rings. The molecule has 0 bridgehead atoms. The third kappa shape index (κ3) is 3.33. The summed E-state index contributed by atoms with van der Waals surface area (Å²) in [5.41, 5.74) is 1.62. The Morgan fingerprint density at radius 3 is 2.31 bits per heavy atom. The van der Waals surface area contributed by atoms with Crippen molar-refractivity contribution in [3.63, 3.8) is 0 Å². The molecule has 0 spiro atoms. The molecule has 1 aliphatic carbocycles. The lowest BCUT2D eigenvalue weighted by Crippen LogP contribution is -2.27. The number of benzene rings is 1. The maximum Gasteiger partial charge on any atom is 0.391 e. The van der Waals surface area contributed by atoms with E-state index < -0.39 is 12.1 Å². The molecule has 0 radical (unpaired) electrons. The molecule has 0 atom stereocenters. The van der Waals surface area contributed by atoms with Gasteiger partial charge in [0, 0.05) is 17.0 Å². The Bertz CT molecular complexity index is 849. The molecule has 1 fully saturated rings. The largest absolute Gasteiger partial charge is 0.391 e. The van der Waals surface area contributed by atoms with Crippen LogP contribution in [0.5, 0.6) is 0 Å². The average molecular weight is 363 g/mol. The van der Waals surface area contributed by atoms with E-state index >= 15 is 0 Å². The van der Waals surface area contributed by atoms with Gasteiger partial charge in [0.2, 0.25) is 0 Å². The quantitative estimate of drug-likeness (QED) is 0.748. The fraction of sp³-hybridized carbons (Fsp3) is 0.412. The minimum atomic E-state index is -4.11. The fourth-order valence-electron chi connectivity index (χ4n) is 3.31. The molecule has 2 aromatic heterocycles. The van der Waals surface area contributed by atoms with Crippen molar-refractivity contribution in [3.05, 3.63) is 36.4 Å². The van der Waals surface area contributed by atoms with Crippen molar-refractivity contribution in [3.8, 4) is 22.8 Å². The van der Waals surface area contributed by atoms with Gasteiger partial charge >= 0.3 is 6.18 Å². The first kappa shape index (κ1) is 16.7. The lowest BCUT2D eigenvalue weighted by molar-refractivity contribution is -0.182. The molecule has 2 heterocycles. The number of alkyl halides is 3. The molecule has 1 aliphatic rings. The van der Waals surface area contributed by atoms with Crippen LogP contribution in [0.4, 0.5) is 13.2 Å². The molecule has 0 aliphatic heterocycles. The van der Waals surface area contributed by atoms with Gasteiger partial charge in [0.05, 0.1) is 5.92 Å². The van der Waals surface area contributed by atoms with Crippen molar-refractivity contribution in [1.82, 2.24) is 25.3 Å². The van der Waals surface area contributed by atoms with Crippen molar-refractivity contribution in [1.29, 1.82) is 0 Å². The van der Waals surface area contributed by atoms with Crippen LogP contribution in [0.3, 0.4) is 0 Å². The molecule has 136 valence electrons. The molecule has 1 aromatic carbocycles. The number of nitrogens with zero attached hydrogens (tertiary/aromatic N) is 4. The first-order chi connectivity index (χ1) is 12.5.